The number of terminal acetylenes is 1. The van der Waals surface area contributed by atoms with Crippen molar-refractivity contribution in [1.29, 1.82) is 0 Å². The Hall–Kier alpha value is -5.07. The summed E-state index contributed by atoms with van der Waals surface area (Å²) >= 11 is 0. The third-order valence-corrected chi connectivity index (χ3v) is 24.2. The summed E-state index contributed by atoms with van der Waals surface area (Å²) in [6.45, 7) is 3.13. The van der Waals surface area contributed by atoms with Crippen LogP contribution in [0.1, 0.15) is 58.3 Å². The highest BCUT2D eigenvalue weighted by Gasteiger charge is 2.67. The molecule has 312 valence electrons. The lowest BCUT2D eigenvalue weighted by molar-refractivity contribution is -0.105. The minimum Gasteiger partial charge on any atom is -0.403 e. The lowest BCUT2D eigenvalue weighted by atomic mass is 9.46. The van der Waals surface area contributed by atoms with Crippen LogP contribution in [-0.4, -0.2) is 40.1 Å². The van der Waals surface area contributed by atoms with Crippen LogP contribution in [0.3, 0.4) is 0 Å². The first-order valence-corrected chi connectivity index (χ1v) is 26.7. The summed E-state index contributed by atoms with van der Waals surface area (Å²) in [5.74, 6) is 4.77. The van der Waals surface area contributed by atoms with Crippen molar-refractivity contribution in [3.05, 3.63) is 194 Å². The standard InChI is InChI=1S/C57H58O3Si2/c1-3-57(60-62(49-28-16-7-17-29-49,50-30-18-8-19-31-50)51-32-20-9-21-33-51)41-38-53-52-35-34-44-42-45(58)36-40-56(44,54(52)37-39-55(53,57)2)43-59-61(46-22-10-4-11-23-46,47-24-12-5-13-25-47)48-26-14-6-15-27-48/h1,4-33,42,45,52-54,58H,34-41,43H2,2H3/t45-,52-,53-,54-,55-,56+,57-/m0/s1. The fourth-order valence-electron chi connectivity index (χ4n) is 13.2. The van der Waals surface area contributed by atoms with E-state index in [0.717, 1.165) is 51.4 Å². The quantitative estimate of drug-likeness (QED) is 0.0622. The molecule has 0 radical (unpaired) electrons. The number of fused-ring (bicyclic) bond motifs is 5. The molecule has 0 saturated heterocycles. The van der Waals surface area contributed by atoms with E-state index in [1.807, 2.05) is 0 Å². The molecule has 3 fully saturated rings. The molecule has 6 aromatic rings. The van der Waals surface area contributed by atoms with Gasteiger partial charge in [-0.3, -0.25) is 0 Å². The number of hydrogen-bond donors (Lipinski definition) is 1. The Kier molecular flexibility index (Phi) is 10.9. The third kappa shape index (κ3) is 6.49. The molecule has 4 aliphatic carbocycles. The van der Waals surface area contributed by atoms with Crippen molar-refractivity contribution >= 4 is 47.8 Å². The summed E-state index contributed by atoms with van der Waals surface area (Å²) in [5, 5.41) is 18.7. The van der Waals surface area contributed by atoms with Gasteiger partial charge in [-0.1, -0.05) is 206 Å². The molecule has 0 unspecified atom stereocenters. The molecule has 1 N–H and O–H groups in total. The number of rotatable bonds is 11. The van der Waals surface area contributed by atoms with Crippen LogP contribution in [0.25, 0.3) is 0 Å². The van der Waals surface area contributed by atoms with Crippen molar-refractivity contribution in [3.8, 4) is 12.3 Å². The van der Waals surface area contributed by atoms with E-state index in [4.69, 9.17) is 15.3 Å². The largest absolute Gasteiger partial charge is 0.403 e. The molecule has 5 heteroatoms. The van der Waals surface area contributed by atoms with Crippen molar-refractivity contribution in [2.75, 3.05) is 6.61 Å². The van der Waals surface area contributed by atoms with Crippen LogP contribution < -0.4 is 31.1 Å². The maximum atomic E-state index is 11.3. The number of benzene rings is 6. The first kappa shape index (κ1) is 41.0. The van der Waals surface area contributed by atoms with Gasteiger partial charge in [0.05, 0.1) is 6.10 Å². The highest BCUT2D eigenvalue weighted by Crippen LogP contribution is 2.68. The second-order valence-corrected chi connectivity index (χ2v) is 25.5. The fraction of sp³-hybridized carbons (Fsp3) is 0.298. The van der Waals surface area contributed by atoms with Gasteiger partial charge in [-0.25, -0.2) is 0 Å². The van der Waals surface area contributed by atoms with Crippen LogP contribution in [0.5, 0.6) is 0 Å². The van der Waals surface area contributed by atoms with E-state index < -0.39 is 28.3 Å². The zero-order valence-electron chi connectivity index (χ0n) is 35.9. The molecule has 3 saturated carbocycles. The maximum absolute atomic E-state index is 11.3. The lowest BCUT2D eigenvalue weighted by Gasteiger charge is -2.61. The molecule has 0 aliphatic heterocycles. The molecule has 0 spiro atoms. The summed E-state index contributed by atoms with van der Waals surface area (Å²) in [6, 6.07) is 65.8. The van der Waals surface area contributed by atoms with E-state index in [2.05, 4.69) is 201 Å². The van der Waals surface area contributed by atoms with Gasteiger partial charge in [-0.2, -0.15) is 0 Å². The zero-order valence-corrected chi connectivity index (χ0v) is 37.9. The predicted molar refractivity (Wildman–Crippen MR) is 259 cm³/mol. The molecular weight excluding hydrogens is 789 g/mol. The molecule has 0 aromatic heterocycles. The molecule has 0 heterocycles. The minimum absolute atomic E-state index is 0.182. The topological polar surface area (TPSA) is 38.7 Å². The van der Waals surface area contributed by atoms with Crippen LogP contribution in [0.2, 0.25) is 0 Å². The molecule has 0 bridgehead atoms. The smallest absolute Gasteiger partial charge is 0.289 e. The predicted octanol–water partition coefficient (Wildman–Crippen LogP) is 8.03. The van der Waals surface area contributed by atoms with Gasteiger partial charge in [0.2, 0.25) is 0 Å². The molecular formula is C57H58O3Si2. The molecule has 7 atom stereocenters. The summed E-state index contributed by atoms with van der Waals surface area (Å²) < 4.78 is 16.1. The Labute approximate surface area is 371 Å². The van der Waals surface area contributed by atoms with E-state index in [1.165, 1.54) is 36.7 Å². The number of hydrogen-bond acceptors (Lipinski definition) is 3. The summed E-state index contributed by atoms with van der Waals surface area (Å²) in [4.78, 5) is 0. The zero-order chi connectivity index (χ0) is 42.3. The van der Waals surface area contributed by atoms with Gasteiger partial charge < -0.3 is 14.0 Å². The SMILES string of the molecule is C#C[C@]1(O[Si](c2ccccc2)(c2ccccc2)c2ccccc2)CC[C@H]2[C@@H]3CCC4=C[C@@H](O)CC[C@]4(CO[Si](c4ccccc4)(c4ccccc4)c4ccccc4)[C@H]3CC[C@@]21C. The molecule has 10 rings (SSSR count). The van der Waals surface area contributed by atoms with Crippen molar-refractivity contribution in [2.24, 2.45) is 28.6 Å². The average molecular weight is 847 g/mol. The number of aliphatic hydroxyl groups excluding tert-OH is 1. The van der Waals surface area contributed by atoms with Crippen molar-refractivity contribution in [3.63, 3.8) is 0 Å². The summed E-state index contributed by atoms with van der Waals surface area (Å²) in [5.41, 5.74) is 0.251. The average Bonchev–Trinajstić information content (AvgIpc) is 3.64. The molecule has 0 amide bonds. The fourth-order valence-corrected chi connectivity index (χ4v) is 21.4. The first-order valence-electron chi connectivity index (χ1n) is 22.9. The van der Waals surface area contributed by atoms with E-state index in [0.29, 0.717) is 24.4 Å². The van der Waals surface area contributed by atoms with Crippen molar-refractivity contribution in [1.82, 2.24) is 0 Å². The minimum atomic E-state index is -3.12. The Morgan fingerprint density at radius 2 is 0.968 bits per heavy atom. The van der Waals surface area contributed by atoms with E-state index in [-0.39, 0.29) is 10.8 Å². The molecule has 3 nitrogen and oxygen atoms in total. The Morgan fingerprint density at radius 3 is 1.40 bits per heavy atom. The van der Waals surface area contributed by atoms with Gasteiger partial charge >= 0.3 is 0 Å². The van der Waals surface area contributed by atoms with Gasteiger partial charge in [0, 0.05) is 17.4 Å². The normalized spacial score (nSPS) is 28.1. The maximum Gasteiger partial charge on any atom is 0.289 e. The van der Waals surface area contributed by atoms with Gasteiger partial charge in [0.1, 0.15) is 5.60 Å². The lowest BCUT2D eigenvalue weighted by Crippen LogP contribution is -2.73. The molecule has 62 heavy (non-hydrogen) atoms. The third-order valence-electron chi connectivity index (χ3n) is 16.1. The van der Waals surface area contributed by atoms with Gasteiger partial charge in [-0.15, -0.1) is 6.42 Å². The Balaban J connectivity index is 1.06. The second-order valence-electron chi connectivity index (χ2n) is 18.8. The van der Waals surface area contributed by atoms with Gasteiger partial charge in [0.25, 0.3) is 16.6 Å². The highest BCUT2D eigenvalue weighted by atomic mass is 28.4. The van der Waals surface area contributed by atoms with Crippen LogP contribution in [0.4, 0.5) is 0 Å². The monoisotopic (exact) mass is 846 g/mol. The molecule has 4 aliphatic rings. The Bertz CT molecular complexity index is 2330. The van der Waals surface area contributed by atoms with Crippen LogP contribution in [0, 0.1) is 40.9 Å². The van der Waals surface area contributed by atoms with Crippen LogP contribution in [0.15, 0.2) is 194 Å². The van der Waals surface area contributed by atoms with Crippen LogP contribution >= 0.6 is 0 Å². The number of aliphatic hydroxyl groups is 1. The van der Waals surface area contributed by atoms with Gasteiger partial charge in [0.15, 0.2) is 0 Å². The summed E-state index contributed by atoms with van der Waals surface area (Å²) in [6.07, 6.45) is 16.5. The summed E-state index contributed by atoms with van der Waals surface area (Å²) in [7, 11) is -6.11. The van der Waals surface area contributed by atoms with Crippen LogP contribution in [-0.2, 0) is 8.85 Å². The Morgan fingerprint density at radius 1 is 0.548 bits per heavy atom. The second kappa shape index (κ2) is 16.6. The highest BCUT2D eigenvalue weighted by molar-refractivity contribution is 7.07. The molecule has 6 aromatic carbocycles. The van der Waals surface area contributed by atoms with Crippen molar-refractivity contribution < 1.29 is 14.0 Å². The van der Waals surface area contributed by atoms with E-state index in [9.17, 15) is 5.11 Å². The first-order chi connectivity index (χ1) is 30.4. The van der Waals surface area contributed by atoms with Gasteiger partial charge in [-0.05, 0) is 100 Å². The van der Waals surface area contributed by atoms with E-state index in [1.54, 1.807) is 0 Å². The van der Waals surface area contributed by atoms with E-state index >= 15 is 0 Å². The van der Waals surface area contributed by atoms with Crippen molar-refractivity contribution in [2.45, 2.75) is 70.0 Å².